The zero-order valence-corrected chi connectivity index (χ0v) is 6.67. The molecule has 0 saturated heterocycles. The number of hydrogen-bond acceptors (Lipinski definition) is 3. The minimum Gasteiger partial charge on any atom is -0.298 e. The number of nitrogens with one attached hydrogen (secondary N) is 1. The van der Waals surface area contributed by atoms with E-state index in [9.17, 15) is 4.79 Å². The van der Waals surface area contributed by atoms with Crippen LogP contribution in [0.25, 0.3) is 10.9 Å². The van der Waals surface area contributed by atoms with Crippen LogP contribution in [0.15, 0.2) is 12.4 Å². The lowest BCUT2D eigenvalue weighted by molar-refractivity contribution is 0.112. The number of aromatic nitrogens is 3. The summed E-state index contributed by atoms with van der Waals surface area (Å²) in [5.74, 6) is 0. The van der Waals surface area contributed by atoms with Crippen molar-refractivity contribution in [2.75, 3.05) is 0 Å². The summed E-state index contributed by atoms with van der Waals surface area (Å²) in [6.07, 6.45) is 3.74. The van der Waals surface area contributed by atoms with Gasteiger partial charge in [-0.05, 0) is 0 Å². The van der Waals surface area contributed by atoms with Gasteiger partial charge in [-0.25, -0.2) is 0 Å². The fraction of sp³-hybridized carbons (Fsp3) is 0. The van der Waals surface area contributed by atoms with E-state index < -0.39 is 0 Å². The van der Waals surface area contributed by atoms with Gasteiger partial charge in [-0.3, -0.25) is 14.9 Å². The van der Waals surface area contributed by atoms with Crippen molar-refractivity contribution in [2.45, 2.75) is 0 Å². The van der Waals surface area contributed by atoms with Crippen molar-refractivity contribution in [2.24, 2.45) is 0 Å². The average Bonchev–Trinajstić information content (AvgIpc) is 2.48. The summed E-state index contributed by atoms with van der Waals surface area (Å²) in [6.45, 7) is 0. The highest BCUT2D eigenvalue weighted by atomic mass is 35.5. The summed E-state index contributed by atoms with van der Waals surface area (Å²) < 4.78 is 0. The number of halogens is 1. The molecule has 0 aliphatic carbocycles. The van der Waals surface area contributed by atoms with Gasteiger partial charge >= 0.3 is 0 Å². The Labute approximate surface area is 72.6 Å². The van der Waals surface area contributed by atoms with E-state index in [0.29, 0.717) is 27.9 Å². The van der Waals surface area contributed by atoms with Crippen molar-refractivity contribution in [1.29, 1.82) is 0 Å². The molecule has 0 atom stereocenters. The Kier molecular flexibility index (Phi) is 1.55. The molecular weight excluding hydrogens is 178 g/mol. The van der Waals surface area contributed by atoms with Crippen LogP contribution in [0.2, 0.25) is 5.15 Å². The lowest BCUT2D eigenvalue weighted by Gasteiger charge is -1.90. The number of nitrogens with zero attached hydrogens (tertiary/aromatic N) is 2. The second kappa shape index (κ2) is 2.57. The van der Waals surface area contributed by atoms with Gasteiger partial charge in [-0.15, -0.1) is 0 Å². The summed E-state index contributed by atoms with van der Waals surface area (Å²) in [4.78, 5) is 14.3. The first kappa shape index (κ1) is 7.24. The molecule has 5 heteroatoms. The van der Waals surface area contributed by atoms with Crippen molar-refractivity contribution >= 4 is 28.8 Å². The van der Waals surface area contributed by atoms with Gasteiger partial charge in [0.15, 0.2) is 11.4 Å². The van der Waals surface area contributed by atoms with E-state index in [0.717, 1.165) is 0 Å². The molecule has 2 rings (SSSR count). The van der Waals surface area contributed by atoms with E-state index in [4.69, 9.17) is 11.6 Å². The molecule has 0 amide bonds. The molecule has 0 spiro atoms. The predicted molar refractivity (Wildman–Crippen MR) is 44.3 cm³/mol. The lowest BCUT2D eigenvalue weighted by atomic mass is 10.2. The highest BCUT2D eigenvalue weighted by Gasteiger charge is 2.06. The van der Waals surface area contributed by atoms with Crippen molar-refractivity contribution in [3.8, 4) is 0 Å². The predicted octanol–water partition coefficient (Wildman–Crippen LogP) is 1.42. The second-order valence-electron chi connectivity index (χ2n) is 2.28. The maximum absolute atomic E-state index is 10.5. The SMILES string of the molecule is O=Cc1cncc2c(Cl)n[nH]c12. The van der Waals surface area contributed by atoms with E-state index in [1.54, 1.807) is 6.20 Å². The largest absolute Gasteiger partial charge is 0.298 e. The van der Waals surface area contributed by atoms with E-state index in [1.165, 1.54) is 6.20 Å². The van der Waals surface area contributed by atoms with E-state index in [-0.39, 0.29) is 0 Å². The molecule has 2 aromatic heterocycles. The molecule has 0 saturated carbocycles. The van der Waals surface area contributed by atoms with Crippen molar-refractivity contribution in [1.82, 2.24) is 15.2 Å². The van der Waals surface area contributed by atoms with E-state index in [2.05, 4.69) is 15.2 Å². The summed E-state index contributed by atoms with van der Waals surface area (Å²) in [5.41, 5.74) is 1.09. The number of carbonyl (C=O) groups excluding carboxylic acids is 1. The number of hydrogen-bond donors (Lipinski definition) is 1. The van der Waals surface area contributed by atoms with Gasteiger partial charge in [0, 0.05) is 12.4 Å². The highest BCUT2D eigenvalue weighted by molar-refractivity contribution is 6.34. The van der Waals surface area contributed by atoms with E-state index >= 15 is 0 Å². The lowest BCUT2D eigenvalue weighted by Crippen LogP contribution is -1.83. The fourth-order valence-corrected chi connectivity index (χ4v) is 1.20. The van der Waals surface area contributed by atoms with Crippen molar-refractivity contribution in [3.63, 3.8) is 0 Å². The van der Waals surface area contributed by atoms with Gasteiger partial charge in [-0.2, -0.15) is 5.10 Å². The molecule has 4 nitrogen and oxygen atoms in total. The number of H-pyrrole nitrogens is 1. The minimum absolute atomic E-state index is 0.334. The Bertz CT molecular complexity index is 437. The van der Waals surface area contributed by atoms with Gasteiger partial charge in [0.2, 0.25) is 0 Å². The Morgan fingerprint density at radius 3 is 3.08 bits per heavy atom. The molecule has 1 N–H and O–H groups in total. The average molecular weight is 182 g/mol. The Balaban J connectivity index is 2.89. The third-order valence-corrected chi connectivity index (χ3v) is 1.88. The maximum atomic E-state index is 10.5. The van der Waals surface area contributed by atoms with Crippen LogP contribution >= 0.6 is 11.6 Å². The molecule has 0 aliphatic heterocycles. The molecule has 0 bridgehead atoms. The molecule has 0 aliphatic rings. The minimum atomic E-state index is 0.334. The molecule has 0 fully saturated rings. The smallest absolute Gasteiger partial charge is 0.160 e. The molecule has 0 radical (unpaired) electrons. The third-order valence-electron chi connectivity index (χ3n) is 1.59. The van der Waals surface area contributed by atoms with Crippen molar-refractivity contribution in [3.05, 3.63) is 23.1 Å². The van der Waals surface area contributed by atoms with Gasteiger partial charge < -0.3 is 0 Å². The molecule has 60 valence electrons. The Morgan fingerprint density at radius 1 is 1.50 bits per heavy atom. The first-order valence-electron chi connectivity index (χ1n) is 3.25. The van der Waals surface area contributed by atoms with Crippen molar-refractivity contribution < 1.29 is 4.79 Å². The summed E-state index contributed by atoms with van der Waals surface area (Å²) in [7, 11) is 0. The summed E-state index contributed by atoms with van der Waals surface area (Å²) in [6, 6.07) is 0. The van der Waals surface area contributed by atoms with Gasteiger partial charge in [-0.1, -0.05) is 11.6 Å². The standard InChI is InChI=1S/C7H4ClN3O/c8-7-5-2-9-1-4(3-12)6(5)10-11-7/h1-3H,(H,10,11). The van der Waals surface area contributed by atoms with E-state index in [1.807, 2.05) is 0 Å². The van der Waals surface area contributed by atoms with Crippen LogP contribution in [0.3, 0.4) is 0 Å². The van der Waals surface area contributed by atoms with Crippen LogP contribution < -0.4 is 0 Å². The van der Waals surface area contributed by atoms with Crippen LogP contribution in [-0.4, -0.2) is 21.5 Å². The normalized spacial score (nSPS) is 10.4. The Hall–Kier alpha value is -1.42. The summed E-state index contributed by atoms with van der Waals surface area (Å²) in [5, 5.41) is 7.40. The van der Waals surface area contributed by atoms with Crippen LogP contribution in [0.5, 0.6) is 0 Å². The van der Waals surface area contributed by atoms with Gasteiger partial charge in [0.25, 0.3) is 0 Å². The van der Waals surface area contributed by atoms with Gasteiger partial charge in [0.05, 0.1) is 16.5 Å². The molecule has 2 aromatic rings. The monoisotopic (exact) mass is 181 g/mol. The number of pyridine rings is 1. The second-order valence-corrected chi connectivity index (χ2v) is 2.64. The molecule has 2 heterocycles. The maximum Gasteiger partial charge on any atom is 0.160 e. The topological polar surface area (TPSA) is 58.6 Å². The molecule has 0 aromatic carbocycles. The number of carbonyl (C=O) groups is 1. The van der Waals surface area contributed by atoms with Crippen LogP contribution in [0.4, 0.5) is 0 Å². The number of fused-ring (bicyclic) bond motifs is 1. The molecule has 12 heavy (non-hydrogen) atoms. The number of rotatable bonds is 1. The quantitative estimate of drug-likeness (QED) is 0.677. The van der Waals surface area contributed by atoms with Crippen LogP contribution in [0, 0.1) is 0 Å². The third kappa shape index (κ3) is 0.887. The number of aldehydes is 1. The van der Waals surface area contributed by atoms with Crippen LogP contribution in [0.1, 0.15) is 10.4 Å². The zero-order chi connectivity index (χ0) is 8.55. The fourth-order valence-electron chi connectivity index (χ4n) is 1.01. The highest BCUT2D eigenvalue weighted by Crippen LogP contribution is 2.20. The molecule has 0 unspecified atom stereocenters. The Morgan fingerprint density at radius 2 is 2.33 bits per heavy atom. The zero-order valence-electron chi connectivity index (χ0n) is 5.91. The summed E-state index contributed by atoms with van der Waals surface area (Å²) >= 11 is 5.70. The first-order chi connectivity index (χ1) is 5.83. The number of aromatic amines is 1. The molecular formula is C7H4ClN3O. The first-order valence-corrected chi connectivity index (χ1v) is 3.63. The van der Waals surface area contributed by atoms with Gasteiger partial charge in [0.1, 0.15) is 0 Å². The van der Waals surface area contributed by atoms with Crippen LogP contribution in [-0.2, 0) is 0 Å².